The van der Waals surface area contributed by atoms with Crippen molar-refractivity contribution in [1.82, 2.24) is 4.57 Å². The molecule has 2 aliphatic rings. The number of ether oxygens (including phenoxy) is 1. The van der Waals surface area contributed by atoms with Crippen LogP contribution in [-0.2, 0) is 0 Å². The number of hydrogen-bond acceptors (Lipinski definition) is 2. The first kappa shape index (κ1) is 25.3. The summed E-state index contributed by atoms with van der Waals surface area (Å²) in [6.07, 6.45) is 0. The van der Waals surface area contributed by atoms with Crippen LogP contribution in [0.3, 0.4) is 0 Å². The summed E-state index contributed by atoms with van der Waals surface area (Å²) in [6.45, 7) is 8.91. The van der Waals surface area contributed by atoms with Crippen molar-refractivity contribution in [2.45, 2.75) is 27.7 Å². The van der Waals surface area contributed by atoms with Gasteiger partial charge in [0.2, 0.25) is 0 Å². The van der Waals surface area contributed by atoms with Gasteiger partial charge in [0.25, 0.3) is 6.71 Å². The number of hydrogen-bond donors (Lipinski definition) is 0. The lowest BCUT2D eigenvalue weighted by Gasteiger charge is -2.41. The molecule has 0 bridgehead atoms. The second-order valence-electron chi connectivity index (χ2n) is 12.5. The Morgan fingerprint density at radius 3 is 1.93 bits per heavy atom. The molecule has 210 valence electrons. The fraction of sp³-hybridized carbons (Fsp3) is 0.100. The third kappa shape index (κ3) is 3.51. The number of nitrogens with zero attached hydrogens (tertiary/aromatic N) is 2. The standard InChI is InChI=1S/C40H31BN2O/c1-24-18-25(2)21-29(20-24)43-35-14-9-15-37-40(35)41(39-27(4)19-26(3)22-36(39)43)32-17-16-28(23-38(32)44-37)42-33-12-7-5-10-30(33)31-11-6-8-13-34(31)42/h5-23H,1-4H3. The zero-order chi connectivity index (χ0) is 29.7. The number of fused-ring (bicyclic) bond motifs is 7. The highest BCUT2D eigenvalue weighted by Gasteiger charge is 2.42. The molecule has 0 saturated carbocycles. The maximum absolute atomic E-state index is 6.86. The first-order chi connectivity index (χ1) is 21.5. The molecule has 2 aliphatic heterocycles. The third-order valence-corrected chi connectivity index (χ3v) is 9.44. The van der Waals surface area contributed by atoms with E-state index in [1.54, 1.807) is 0 Å². The van der Waals surface area contributed by atoms with Gasteiger partial charge in [-0.1, -0.05) is 66.2 Å². The monoisotopic (exact) mass is 566 g/mol. The Morgan fingerprint density at radius 1 is 0.523 bits per heavy atom. The maximum Gasteiger partial charge on any atom is 0.256 e. The predicted molar refractivity (Wildman–Crippen MR) is 186 cm³/mol. The summed E-state index contributed by atoms with van der Waals surface area (Å²) >= 11 is 0. The summed E-state index contributed by atoms with van der Waals surface area (Å²) in [7, 11) is 0. The SMILES string of the molecule is Cc1cc(C)cc(N2c3cc(C)cc(C)c3B3c4ccc(-n5c6ccccc6c6ccccc65)cc4Oc4cccc2c43)c1. The second-order valence-corrected chi connectivity index (χ2v) is 12.5. The molecule has 9 rings (SSSR count). The number of benzene rings is 6. The lowest BCUT2D eigenvalue weighted by Crippen LogP contribution is -2.60. The molecular formula is C40H31BN2O. The molecule has 1 aromatic heterocycles. The maximum atomic E-state index is 6.86. The van der Waals surface area contributed by atoms with Gasteiger partial charge in [0.1, 0.15) is 11.5 Å². The summed E-state index contributed by atoms with van der Waals surface area (Å²) in [4.78, 5) is 2.45. The number of para-hydroxylation sites is 2. The van der Waals surface area contributed by atoms with E-state index in [1.807, 2.05) is 0 Å². The molecule has 6 aromatic carbocycles. The Balaban J connectivity index is 1.29. The van der Waals surface area contributed by atoms with Gasteiger partial charge in [-0.2, -0.15) is 0 Å². The summed E-state index contributed by atoms with van der Waals surface area (Å²) in [6, 6.07) is 42.2. The predicted octanol–water partition coefficient (Wildman–Crippen LogP) is 8.42. The van der Waals surface area contributed by atoms with Crippen LogP contribution in [0.1, 0.15) is 22.3 Å². The van der Waals surface area contributed by atoms with Gasteiger partial charge in [-0.3, -0.25) is 0 Å². The van der Waals surface area contributed by atoms with E-state index in [9.17, 15) is 0 Å². The molecule has 0 fully saturated rings. The lowest BCUT2D eigenvalue weighted by atomic mass is 9.33. The van der Waals surface area contributed by atoms with Gasteiger partial charge in [0.15, 0.2) is 0 Å². The van der Waals surface area contributed by atoms with Crippen molar-refractivity contribution in [2.75, 3.05) is 4.90 Å². The number of aryl methyl sites for hydroxylation is 4. The van der Waals surface area contributed by atoms with Crippen LogP contribution >= 0.6 is 0 Å². The molecule has 0 amide bonds. The van der Waals surface area contributed by atoms with Gasteiger partial charge in [-0.15, -0.1) is 0 Å². The van der Waals surface area contributed by atoms with Crippen LogP contribution in [0.15, 0.2) is 115 Å². The average molecular weight is 567 g/mol. The first-order valence-electron chi connectivity index (χ1n) is 15.4. The van der Waals surface area contributed by atoms with E-state index in [-0.39, 0.29) is 6.71 Å². The van der Waals surface area contributed by atoms with Gasteiger partial charge in [-0.05, 0) is 109 Å². The van der Waals surface area contributed by atoms with E-state index in [0.29, 0.717) is 0 Å². The highest BCUT2D eigenvalue weighted by Crippen LogP contribution is 2.42. The molecule has 0 aliphatic carbocycles. The lowest BCUT2D eigenvalue weighted by molar-refractivity contribution is 0.487. The molecule has 0 atom stereocenters. The molecule has 3 nitrogen and oxygen atoms in total. The largest absolute Gasteiger partial charge is 0.458 e. The van der Waals surface area contributed by atoms with Crippen molar-refractivity contribution in [3.8, 4) is 17.2 Å². The third-order valence-electron chi connectivity index (χ3n) is 9.44. The molecule has 3 heterocycles. The van der Waals surface area contributed by atoms with E-state index in [2.05, 4.69) is 152 Å². The van der Waals surface area contributed by atoms with Gasteiger partial charge < -0.3 is 14.2 Å². The number of rotatable bonds is 2. The molecule has 0 saturated heterocycles. The van der Waals surface area contributed by atoms with Crippen LogP contribution in [0.4, 0.5) is 17.1 Å². The summed E-state index contributed by atoms with van der Waals surface area (Å²) < 4.78 is 9.22. The first-order valence-corrected chi connectivity index (χ1v) is 15.4. The van der Waals surface area contributed by atoms with Crippen molar-refractivity contribution in [1.29, 1.82) is 0 Å². The minimum Gasteiger partial charge on any atom is -0.458 e. The van der Waals surface area contributed by atoms with Crippen molar-refractivity contribution in [3.63, 3.8) is 0 Å². The molecule has 7 aromatic rings. The highest BCUT2D eigenvalue weighted by atomic mass is 16.5. The van der Waals surface area contributed by atoms with E-state index < -0.39 is 0 Å². The van der Waals surface area contributed by atoms with E-state index in [1.165, 1.54) is 77.5 Å². The highest BCUT2D eigenvalue weighted by molar-refractivity contribution is 6.99. The fourth-order valence-electron chi connectivity index (χ4n) is 7.87. The van der Waals surface area contributed by atoms with Gasteiger partial charge in [0, 0.05) is 39.6 Å². The topological polar surface area (TPSA) is 17.4 Å². The van der Waals surface area contributed by atoms with Gasteiger partial charge in [-0.25, -0.2) is 0 Å². The zero-order valence-electron chi connectivity index (χ0n) is 25.3. The Kier molecular flexibility index (Phi) is 5.26. The van der Waals surface area contributed by atoms with Crippen molar-refractivity contribution < 1.29 is 4.74 Å². The Labute approximate surface area is 258 Å². The molecule has 0 unspecified atom stereocenters. The van der Waals surface area contributed by atoms with Crippen LogP contribution in [-0.4, -0.2) is 11.3 Å². The summed E-state index contributed by atoms with van der Waals surface area (Å²) in [5, 5.41) is 2.52. The van der Waals surface area contributed by atoms with Crippen LogP contribution < -0.4 is 26.0 Å². The molecule has 0 radical (unpaired) electrons. The minimum atomic E-state index is 0.0786. The van der Waals surface area contributed by atoms with Crippen molar-refractivity contribution >= 4 is 62.0 Å². The number of anilines is 3. The van der Waals surface area contributed by atoms with E-state index >= 15 is 0 Å². The quantitative estimate of drug-likeness (QED) is 0.196. The normalized spacial score (nSPS) is 13.1. The summed E-state index contributed by atoms with van der Waals surface area (Å²) in [5.41, 5.74) is 16.0. The molecule has 4 heteroatoms. The Hall–Kier alpha value is -5.22. The average Bonchev–Trinajstić information content (AvgIpc) is 3.34. The van der Waals surface area contributed by atoms with Gasteiger partial charge >= 0.3 is 0 Å². The van der Waals surface area contributed by atoms with Crippen LogP contribution in [0.5, 0.6) is 11.5 Å². The van der Waals surface area contributed by atoms with E-state index in [0.717, 1.165) is 17.2 Å². The molecule has 0 spiro atoms. The Bertz CT molecular complexity index is 2260. The fourth-order valence-corrected chi connectivity index (χ4v) is 7.87. The molecule has 0 N–H and O–H groups in total. The van der Waals surface area contributed by atoms with Crippen LogP contribution in [0, 0.1) is 27.7 Å². The minimum absolute atomic E-state index is 0.0786. The van der Waals surface area contributed by atoms with Crippen LogP contribution in [0.25, 0.3) is 27.5 Å². The van der Waals surface area contributed by atoms with Crippen molar-refractivity contribution in [2.24, 2.45) is 0 Å². The van der Waals surface area contributed by atoms with Crippen molar-refractivity contribution in [3.05, 3.63) is 138 Å². The Morgan fingerprint density at radius 2 is 1.20 bits per heavy atom. The molecular weight excluding hydrogens is 535 g/mol. The zero-order valence-corrected chi connectivity index (χ0v) is 25.3. The smallest absolute Gasteiger partial charge is 0.256 e. The van der Waals surface area contributed by atoms with Gasteiger partial charge in [0.05, 0.1) is 11.0 Å². The van der Waals surface area contributed by atoms with E-state index in [4.69, 9.17) is 4.74 Å². The van der Waals surface area contributed by atoms with Crippen LogP contribution in [0.2, 0.25) is 0 Å². The summed E-state index contributed by atoms with van der Waals surface area (Å²) in [5.74, 6) is 1.85. The number of aromatic nitrogens is 1. The second kappa shape index (κ2) is 9.14. The molecule has 44 heavy (non-hydrogen) atoms.